The van der Waals surface area contributed by atoms with E-state index in [9.17, 15) is 8.42 Å². The summed E-state index contributed by atoms with van der Waals surface area (Å²) >= 11 is 5.89. The van der Waals surface area contributed by atoms with E-state index >= 15 is 0 Å². The van der Waals surface area contributed by atoms with Crippen LogP contribution in [0, 0.1) is 13.8 Å². The maximum atomic E-state index is 12.3. The Kier molecular flexibility index (Phi) is 4.31. The van der Waals surface area contributed by atoms with Crippen LogP contribution in [-0.2, 0) is 16.6 Å². The van der Waals surface area contributed by atoms with E-state index in [1.807, 2.05) is 13.8 Å². The second-order valence-electron chi connectivity index (χ2n) is 3.82. The van der Waals surface area contributed by atoms with Gasteiger partial charge in [-0.2, -0.15) is 0 Å². The van der Waals surface area contributed by atoms with Crippen LogP contribution in [0.5, 0.6) is 0 Å². The first-order valence-corrected chi connectivity index (χ1v) is 9.19. The summed E-state index contributed by atoms with van der Waals surface area (Å²) in [5.41, 5.74) is 6.34. The summed E-state index contributed by atoms with van der Waals surface area (Å²) in [6.45, 7) is 4.06. The number of halogens is 1. The maximum Gasteiger partial charge on any atom is 0.265 e. The van der Waals surface area contributed by atoms with E-state index in [1.54, 1.807) is 6.07 Å². The smallest absolute Gasteiger partial charge is 0.265 e. The van der Waals surface area contributed by atoms with Crippen LogP contribution < -0.4 is 10.5 Å². The zero-order chi connectivity index (χ0) is 14.2. The zero-order valence-electron chi connectivity index (χ0n) is 10.2. The fraction of sp³-hybridized carbons (Fsp3) is 0.300. The topological polar surface area (TPSA) is 85.1 Å². The number of sulfonamides is 1. The Morgan fingerprint density at radius 1 is 1.42 bits per heavy atom. The Balaban J connectivity index is 2.34. The minimum Gasteiger partial charge on any atom is -0.326 e. The molecule has 2 rings (SSSR count). The van der Waals surface area contributed by atoms with Crippen molar-refractivity contribution in [1.82, 2.24) is 4.98 Å². The first kappa shape index (κ1) is 14.9. The van der Waals surface area contributed by atoms with Gasteiger partial charge in [-0.1, -0.05) is 0 Å². The molecule has 0 aliphatic carbocycles. The van der Waals surface area contributed by atoms with E-state index in [1.165, 1.54) is 22.7 Å². The van der Waals surface area contributed by atoms with Crippen molar-refractivity contribution in [3.8, 4) is 0 Å². The summed E-state index contributed by atoms with van der Waals surface area (Å²) in [6.07, 6.45) is 0. The molecular weight excluding hydrogens is 370 g/mol. The number of aryl methyl sites for hydroxylation is 2. The summed E-state index contributed by atoms with van der Waals surface area (Å²) in [5.74, 6) is 0. The summed E-state index contributed by atoms with van der Waals surface area (Å²) in [4.78, 5) is 6.16. The first-order chi connectivity index (χ1) is 8.83. The molecule has 0 bridgehead atoms. The van der Waals surface area contributed by atoms with Crippen molar-refractivity contribution in [3.05, 3.63) is 25.3 Å². The summed E-state index contributed by atoms with van der Waals surface area (Å²) in [5, 5.41) is 0.377. The molecule has 2 aromatic rings. The van der Waals surface area contributed by atoms with Gasteiger partial charge in [0.15, 0.2) is 5.13 Å². The average Bonchev–Trinajstić information content (AvgIpc) is 2.83. The monoisotopic (exact) mass is 381 g/mol. The Labute approximate surface area is 128 Å². The third kappa shape index (κ3) is 3.16. The van der Waals surface area contributed by atoms with Crippen LogP contribution >= 0.6 is 38.6 Å². The second-order valence-corrected chi connectivity index (χ2v) is 9.13. The molecular formula is C10H12BrN3O2S3. The van der Waals surface area contributed by atoms with Crippen LogP contribution in [0.3, 0.4) is 0 Å². The normalized spacial score (nSPS) is 11.8. The number of nitrogens with zero attached hydrogens (tertiary/aromatic N) is 1. The van der Waals surface area contributed by atoms with Crippen molar-refractivity contribution in [2.75, 3.05) is 4.72 Å². The van der Waals surface area contributed by atoms with Gasteiger partial charge < -0.3 is 5.73 Å². The van der Waals surface area contributed by atoms with E-state index < -0.39 is 10.0 Å². The molecule has 0 aliphatic heterocycles. The maximum absolute atomic E-state index is 12.3. The highest BCUT2D eigenvalue weighted by Crippen LogP contribution is 2.33. The highest BCUT2D eigenvalue weighted by molar-refractivity contribution is 9.11. The molecule has 0 aliphatic rings. The Hall–Kier alpha value is -0.480. The molecule has 3 N–H and O–H groups in total. The van der Waals surface area contributed by atoms with Gasteiger partial charge in [-0.25, -0.2) is 13.4 Å². The lowest BCUT2D eigenvalue weighted by atomic mass is 10.4. The summed E-state index contributed by atoms with van der Waals surface area (Å²) in [6, 6.07) is 1.57. The van der Waals surface area contributed by atoms with Gasteiger partial charge in [0.1, 0.15) is 4.90 Å². The molecule has 0 unspecified atom stereocenters. The lowest BCUT2D eigenvalue weighted by molar-refractivity contribution is 0.601. The highest BCUT2D eigenvalue weighted by Gasteiger charge is 2.22. The number of aromatic nitrogens is 1. The number of thiophene rings is 1. The van der Waals surface area contributed by atoms with Gasteiger partial charge in [0.05, 0.1) is 9.48 Å². The van der Waals surface area contributed by atoms with Gasteiger partial charge in [-0.15, -0.1) is 22.7 Å². The Morgan fingerprint density at radius 3 is 2.58 bits per heavy atom. The van der Waals surface area contributed by atoms with Gasteiger partial charge in [0, 0.05) is 16.3 Å². The van der Waals surface area contributed by atoms with Gasteiger partial charge in [0.2, 0.25) is 0 Å². The number of hydrogen-bond donors (Lipinski definition) is 2. The average molecular weight is 382 g/mol. The van der Waals surface area contributed by atoms with Gasteiger partial charge in [-0.05, 0) is 35.8 Å². The standard InChI is InChI=1S/C10H12BrN3O2S3/c1-5-6(2)17-10(13-5)14-19(15,16)8-3-7(4-12)18-9(8)11/h3H,4,12H2,1-2H3,(H,13,14). The second kappa shape index (κ2) is 5.49. The molecule has 0 radical (unpaired) electrons. The predicted molar refractivity (Wildman–Crippen MR) is 82.3 cm³/mol. The Morgan fingerprint density at radius 2 is 2.11 bits per heavy atom. The van der Waals surface area contributed by atoms with E-state index in [2.05, 4.69) is 25.6 Å². The quantitative estimate of drug-likeness (QED) is 0.852. The molecule has 2 heterocycles. The fourth-order valence-corrected chi connectivity index (χ4v) is 5.98. The van der Waals surface area contributed by atoms with Crippen LogP contribution in [0.1, 0.15) is 15.4 Å². The van der Waals surface area contributed by atoms with E-state index in [0.717, 1.165) is 15.4 Å². The van der Waals surface area contributed by atoms with Crippen molar-refractivity contribution in [2.45, 2.75) is 25.3 Å². The largest absolute Gasteiger partial charge is 0.326 e. The molecule has 104 valence electrons. The number of anilines is 1. The predicted octanol–water partition coefficient (Wildman–Crippen LogP) is 2.84. The van der Waals surface area contributed by atoms with Crippen molar-refractivity contribution in [1.29, 1.82) is 0 Å². The highest BCUT2D eigenvalue weighted by atomic mass is 79.9. The zero-order valence-corrected chi connectivity index (χ0v) is 14.3. The van der Waals surface area contributed by atoms with Gasteiger partial charge in [-0.3, -0.25) is 4.72 Å². The van der Waals surface area contributed by atoms with E-state index in [-0.39, 0.29) is 4.90 Å². The summed E-state index contributed by atoms with van der Waals surface area (Å²) in [7, 11) is -3.63. The van der Waals surface area contributed by atoms with Crippen molar-refractivity contribution in [2.24, 2.45) is 5.73 Å². The van der Waals surface area contributed by atoms with Crippen molar-refractivity contribution >= 4 is 53.8 Å². The first-order valence-electron chi connectivity index (χ1n) is 5.28. The minimum absolute atomic E-state index is 0.198. The molecule has 9 heteroatoms. The number of thiazole rings is 1. The molecule has 0 aromatic carbocycles. The van der Waals surface area contributed by atoms with Crippen LogP contribution in [0.25, 0.3) is 0 Å². The molecule has 0 spiro atoms. The molecule has 0 atom stereocenters. The van der Waals surface area contributed by atoms with Crippen molar-refractivity contribution in [3.63, 3.8) is 0 Å². The van der Waals surface area contributed by atoms with Gasteiger partial charge in [0.25, 0.3) is 10.0 Å². The third-order valence-electron chi connectivity index (χ3n) is 2.45. The fourth-order valence-electron chi connectivity index (χ4n) is 1.37. The Bertz CT molecular complexity index is 686. The van der Waals surface area contributed by atoms with Crippen molar-refractivity contribution < 1.29 is 8.42 Å². The lowest BCUT2D eigenvalue weighted by Crippen LogP contribution is -2.12. The number of nitrogens with two attached hydrogens (primary N) is 1. The summed E-state index contributed by atoms with van der Waals surface area (Å²) < 4.78 is 27.6. The lowest BCUT2D eigenvalue weighted by Gasteiger charge is -2.03. The molecule has 0 saturated heterocycles. The molecule has 19 heavy (non-hydrogen) atoms. The van der Waals surface area contributed by atoms with Crippen LogP contribution in [-0.4, -0.2) is 13.4 Å². The third-order valence-corrected chi connectivity index (χ3v) is 7.18. The molecule has 0 fully saturated rings. The molecule has 0 saturated carbocycles. The van der Waals surface area contributed by atoms with Gasteiger partial charge >= 0.3 is 0 Å². The van der Waals surface area contributed by atoms with E-state index in [0.29, 0.717) is 15.5 Å². The van der Waals surface area contributed by atoms with Crippen LogP contribution in [0.2, 0.25) is 0 Å². The van der Waals surface area contributed by atoms with Crippen LogP contribution in [0.4, 0.5) is 5.13 Å². The molecule has 5 nitrogen and oxygen atoms in total. The SMILES string of the molecule is Cc1nc(NS(=O)(=O)c2cc(CN)sc2Br)sc1C. The number of rotatable bonds is 4. The minimum atomic E-state index is -3.63. The number of nitrogens with one attached hydrogen (secondary N) is 1. The van der Waals surface area contributed by atoms with Crippen LogP contribution in [0.15, 0.2) is 14.7 Å². The van der Waals surface area contributed by atoms with E-state index in [4.69, 9.17) is 5.73 Å². The molecule has 2 aromatic heterocycles. The number of hydrogen-bond acceptors (Lipinski definition) is 6. The molecule has 0 amide bonds.